The molecule has 5 amide bonds. The lowest BCUT2D eigenvalue weighted by Gasteiger charge is -2.33. The SMILES string of the molecule is CN1Cc2c(Cl)cc(Cl)cc2C(c2ccc(S(=O)(=O)CCCOCCOCCN)cc2)C1.CN1Cc2c(Cl)cc(Cl)cc2C(c2ccc(S(=O)(=O)CCCOCCOCCNC(=O)C(=O)CCCOCCOCCNS(=O)(=O)c3ccc(C4CN(C)Cc5c(Cl)cc(Cl)cc54)cc3)cc2)C1.O=C(CN1C(=O)CCC1=O)C(=O)ON1C(=O)CCC1=O. The van der Waals surface area contributed by atoms with Gasteiger partial charge in [-0.15, -0.1) is 5.06 Å². The van der Waals surface area contributed by atoms with E-state index in [0.717, 1.165) is 76.3 Å². The highest BCUT2D eigenvalue weighted by Gasteiger charge is 2.38. The fraction of sp³-hybridized carbons (Fsp3) is 0.463. The average Bonchev–Trinajstić information content (AvgIpc) is 0.960. The molecule has 5 aliphatic heterocycles. The Labute approximate surface area is 729 Å². The minimum atomic E-state index is -3.76. The number of sulfone groups is 2. The van der Waals surface area contributed by atoms with Crippen LogP contribution in [0.25, 0.3) is 0 Å². The Morgan fingerprint density at radius 3 is 1.18 bits per heavy atom. The van der Waals surface area contributed by atoms with Gasteiger partial charge in [0, 0.05) is 159 Å². The van der Waals surface area contributed by atoms with Gasteiger partial charge in [-0.1, -0.05) is 106 Å². The number of hydrogen-bond acceptors (Lipinski definition) is 25. The molecule has 3 unspecified atom stereocenters. The summed E-state index contributed by atoms with van der Waals surface area (Å²) < 4.78 is 112. The zero-order valence-electron chi connectivity index (χ0n) is 66.6. The van der Waals surface area contributed by atoms with Gasteiger partial charge in [0.1, 0.15) is 0 Å². The number of Topliss-reactive ketones (excluding diaryl/α,β-unsaturated/α-hetero) is 2. The highest BCUT2D eigenvalue weighted by atomic mass is 35.5. The topological polar surface area (TPSA) is 370 Å². The number of fused-ring (bicyclic) bond motifs is 3. The van der Waals surface area contributed by atoms with Crippen molar-refractivity contribution in [3.63, 3.8) is 0 Å². The predicted molar refractivity (Wildman–Crippen MR) is 451 cm³/mol. The summed E-state index contributed by atoms with van der Waals surface area (Å²) in [4.78, 5) is 105. The van der Waals surface area contributed by atoms with Crippen molar-refractivity contribution < 1.29 is 96.9 Å². The van der Waals surface area contributed by atoms with E-state index in [4.69, 9.17) is 104 Å². The molecule has 38 heteroatoms. The maximum atomic E-state index is 13.0. The van der Waals surface area contributed by atoms with Crippen molar-refractivity contribution >= 4 is 146 Å². The molecule has 652 valence electrons. The molecular weight excluding hydrogens is 1740 g/mol. The molecular formula is C82H98Cl6N8O21S3. The number of nitrogens with zero attached hydrogens (tertiary/aromatic N) is 5. The standard InChI is InChI=1S/C48H58Cl4N4O10S2.C23H30Cl2N2O4S.C11H10N2O7/c1-55-29-41(39-25-35(49)27-45(51)43(39)31-55)33-6-10-37(11-7-33)67(59,60)24-4-17-64-21-22-65-18-14-53-48(58)47(57)5-3-16-63-20-23-66-19-15-54-68(61,62)38-12-8-34(9-13-38)42-30-56(2)32-44-40(42)26-36(50)28-46(44)52;1-27-15-21(20-13-18(24)14-23(25)22(20)16-27)17-3-5-19(6-4-17)32(28,29)12-2-8-30-10-11-31-9-7-26;14-6(5-12-7(15)1-2-8(12)16)11(19)20-13-9(17)3-4-10(13)18/h6-13,25-28,41-42,54H,3-5,14-24,29-32H2,1-2H3,(H,53,58);3-6,13-14,21H,2,7-12,15-16,26H2,1H3;1-5H2. The van der Waals surface area contributed by atoms with Crippen LogP contribution in [0.1, 0.15) is 119 Å². The van der Waals surface area contributed by atoms with Crippen LogP contribution in [0.4, 0.5) is 0 Å². The Bertz CT molecular complexity index is 4710. The van der Waals surface area contributed by atoms with Gasteiger partial charge in [-0.2, -0.15) is 0 Å². The number of benzene rings is 6. The molecule has 2 saturated heterocycles. The first kappa shape index (κ1) is 96.8. The van der Waals surface area contributed by atoms with Gasteiger partial charge in [0.15, 0.2) is 19.7 Å². The second-order valence-corrected chi connectivity index (χ2v) is 37.6. The van der Waals surface area contributed by atoms with Crippen LogP contribution < -0.4 is 15.8 Å². The van der Waals surface area contributed by atoms with Crippen LogP contribution in [-0.4, -0.2) is 255 Å². The molecule has 0 bridgehead atoms. The van der Waals surface area contributed by atoms with Gasteiger partial charge >= 0.3 is 5.97 Å². The summed E-state index contributed by atoms with van der Waals surface area (Å²) in [6, 6.07) is 32.0. The van der Waals surface area contributed by atoms with Crippen molar-refractivity contribution in [1.82, 2.24) is 34.7 Å². The zero-order valence-corrected chi connectivity index (χ0v) is 73.6. The second-order valence-electron chi connectivity index (χ2n) is 29.1. The smallest absolute Gasteiger partial charge is 0.379 e. The van der Waals surface area contributed by atoms with Gasteiger partial charge in [-0.25, -0.2) is 34.8 Å². The number of carbonyl (C=O) groups excluding carboxylic acids is 8. The maximum absolute atomic E-state index is 13.0. The second kappa shape index (κ2) is 46.7. The first-order chi connectivity index (χ1) is 57.2. The number of nitrogens with one attached hydrogen (secondary N) is 2. The van der Waals surface area contributed by atoms with E-state index in [0.29, 0.717) is 105 Å². The van der Waals surface area contributed by atoms with Crippen molar-refractivity contribution in [1.29, 1.82) is 0 Å². The number of halogens is 6. The van der Waals surface area contributed by atoms with Gasteiger partial charge in [0.2, 0.25) is 27.6 Å². The molecule has 120 heavy (non-hydrogen) atoms. The molecule has 6 aromatic carbocycles. The van der Waals surface area contributed by atoms with Gasteiger partial charge in [0.25, 0.3) is 23.5 Å². The third-order valence-electron chi connectivity index (χ3n) is 20.0. The van der Waals surface area contributed by atoms with Crippen LogP contribution in [0.15, 0.2) is 124 Å². The molecule has 3 atom stereocenters. The summed E-state index contributed by atoms with van der Waals surface area (Å²) in [5.41, 5.74) is 14.6. The number of likely N-dealkylation sites (tertiary alicyclic amines) is 1. The van der Waals surface area contributed by atoms with Crippen molar-refractivity contribution in [2.75, 3.05) is 158 Å². The number of hydroxylamine groups is 2. The molecule has 5 heterocycles. The highest BCUT2D eigenvalue weighted by Crippen LogP contribution is 2.42. The fourth-order valence-electron chi connectivity index (χ4n) is 14.0. The van der Waals surface area contributed by atoms with Crippen LogP contribution in [-0.2, 0) is 121 Å². The molecule has 0 aliphatic carbocycles. The lowest BCUT2D eigenvalue weighted by Crippen LogP contribution is -2.41. The number of sulfonamides is 1. The molecule has 0 aromatic heterocycles. The molecule has 5 aliphatic rings. The Morgan fingerprint density at radius 1 is 0.433 bits per heavy atom. The van der Waals surface area contributed by atoms with E-state index in [1.165, 1.54) is 0 Å². The number of ketones is 2. The molecule has 29 nitrogen and oxygen atoms in total. The van der Waals surface area contributed by atoms with Gasteiger partial charge < -0.3 is 59.0 Å². The fourth-order valence-corrected chi connectivity index (χ4v) is 19.3. The van der Waals surface area contributed by atoms with Crippen LogP contribution >= 0.6 is 69.6 Å². The van der Waals surface area contributed by atoms with E-state index >= 15 is 0 Å². The minimum absolute atomic E-state index is 0.00629. The largest absolute Gasteiger partial charge is 0.401 e. The van der Waals surface area contributed by atoms with Crippen LogP contribution in [0.2, 0.25) is 30.1 Å². The van der Waals surface area contributed by atoms with Crippen LogP contribution in [0.3, 0.4) is 0 Å². The normalized spacial score (nSPS) is 17.1. The van der Waals surface area contributed by atoms with E-state index in [1.807, 2.05) is 75.7 Å². The summed E-state index contributed by atoms with van der Waals surface area (Å²) in [6.07, 6.45) is 0.891. The van der Waals surface area contributed by atoms with Crippen LogP contribution in [0.5, 0.6) is 0 Å². The minimum Gasteiger partial charge on any atom is -0.379 e. The molecule has 11 rings (SSSR count). The van der Waals surface area contributed by atoms with E-state index < -0.39 is 83.3 Å². The first-order valence-electron chi connectivity index (χ1n) is 38.9. The lowest BCUT2D eigenvalue weighted by molar-refractivity contribution is -0.197. The Morgan fingerprint density at radius 2 is 0.783 bits per heavy atom. The van der Waals surface area contributed by atoms with Crippen molar-refractivity contribution in [3.05, 3.63) is 189 Å². The van der Waals surface area contributed by atoms with Gasteiger partial charge in [0.05, 0.1) is 92.2 Å². The van der Waals surface area contributed by atoms with E-state index in [9.17, 15) is 63.6 Å². The number of ether oxygens (including phenoxy) is 6. The number of amides is 5. The third kappa shape index (κ3) is 28.3. The van der Waals surface area contributed by atoms with E-state index in [1.54, 1.807) is 54.6 Å². The van der Waals surface area contributed by atoms with Gasteiger partial charge in [-0.3, -0.25) is 38.5 Å². The molecule has 0 radical (unpaired) electrons. The Kier molecular flexibility index (Phi) is 37.7. The quantitative estimate of drug-likeness (QED) is 0.0183. The molecule has 0 spiro atoms. The highest BCUT2D eigenvalue weighted by molar-refractivity contribution is 7.91. The number of nitrogens with two attached hydrogens (primary N) is 1. The number of likely N-dealkylation sites (N-methyl/N-ethyl adjacent to an activating group) is 3. The van der Waals surface area contributed by atoms with E-state index in [2.05, 4.69) is 29.6 Å². The third-order valence-corrected chi connectivity index (χ3v) is 26.8. The molecule has 4 N–H and O–H groups in total. The van der Waals surface area contributed by atoms with Crippen molar-refractivity contribution in [2.45, 2.75) is 103 Å². The number of rotatable bonds is 41. The molecule has 6 aromatic rings. The molecule has 0 saturated carbocycles. The summed E-state index contributed by atoms with van der Waals surface area (Å²) in [5, 5.41) is 6.41. The summed E-state index contributed by atoms with van der Waals surface area (Å²) >= 11 is 38.3. The van der Waals surface area contributed by atoms with Crippen LogP contribution in [0, 0.1) is 0 Å². The Balaban J connectivity index is 0.000000256. The predicted octanol–water partition coefficient (Wildman–Crippen LogP) is 9.17. The van der Waals surface area contributed by atoms with Crippen molar-refractivity contribution in [3.8, 4) is 0 Å². The first-order valence-corrected chi connectivity index (χ1v) is 45.9. The Hall–Kier alpha value is -6.97. The molecule has 2 fully saturated rings. The van der Waals surface area contributed by atoms with E-state index in [-0.39, 0.29) is 142 Å². The monoisotopic (exact) mass is 1840 g/mol. The summed E-state index contributed by atoms with van der Waals surface area (Å²) in [5.74, 6) is -6.40. The average molecular weight is 1840 g/mol. The summed E-state index contributed by atoms with van der Waals surface area (Å²) in [7, 11) is -4.56. The van der Waals surface area contributed by atoms with Crippen molar-refractivity contribution in [2.24, 2.45) is 5.73 Å². The zero-order chi connectivity index (χ0) is 86.8. The maximum Gasteiger partial charge on any atom is 0.401 e. The summed E-state index contributed by atoms with van der Waals surface area (Å²) in [6.45, 7) is 7.93. The number of imide groups is 2. The van der Waals surface area contributed by atoms with Gasteiger partial charge in [-0.05, 0) is 163 Å². The number of hydrogen-bond donors (Lipinski definition) is 3. The lowest BCUT2D eigenvalue weighted by atomic mass is 9.85. The number of carbonyl (C=O) groups is 8.